The van der Waals surface area contributed by atoms with E-state index in [1.54, 1.807) is 14.2 Å². The molecule has 84 valence electrons. The van der Waals surface area contributed by atoms with Crippen molar-refractivity contribution in [3.63, 3.8) is 0 Å². The van der Waals surface area contributed by atoms with E-state index in [9.17, 15) is 0 Å². The van der Waals surface area contributed by atoms with Crippen molar-refractivity contribution < 1.29 is 14.2 Å². The monoisotopic (exact) mass is 218 g/mol. The maximum atomic E-state index is 5.57. The highest BCUT2D eigenvalue weighted by molar-refractivity contribution is 5.71. The highest BCUT2D eigenvalue weighted by Gasteiger charge is 2.19. The Kier molecular flexibility index (Phi) is 2.60. The van der Waals surface area contributed by atoms with Gasteiger partial charge < -0.3 is 14.2 Å². The third-order valence-electron chi connectivity index (χ3n) is 2.57. The van der Waals surface area contributed by atoms with Crippen molar-refractivity contribution in [1.29, 1.82) is 0 Å². The second kappa shape index (κ2) is 3.93. The van der Waals surface area contributed by atoms with E-state index >= 15 is 0 Å². The molecule has 0 unspecified atom stereocenters. The quantitative estimate of drug-likeness (QED) is 0.763. The first-order valence-electron chi connectivity index (χ1n) is 4.97. The maximum Gasteiger partial charge on any atom is 0.176 e. The van der Waals surface area contributed by atoms with E-state index in [2.05, 4.69) is 6.58 Å². The van der Waals surface area contributed by atoms with Crippen LogP contribution in [0.15, 0.2) is 24.5 Å². The van der Waals surface area contributed by atoms with Crippen LogP contribution in [0.1, 0.15) is 11.1 Å². The number of methoxy groups -OCH3 is 2. The lowest BCUT2D eigenvalue weighted by atomic mass is 10.1. The number of hydrogen-bond acceptors (Lipinski definition) is 3. The molecule has 1 aliphatic heterocycles. The van der Waals surface area contributed by atoms with Gasteiger partial charge in [0.2, 0.25) is 0 Å². The predicted octanol–water partition coefficient (Wildman–Crippen LogP) is 2.93. The molecule has 0 saturated carbocycles. The Bertz CT molecular complexity index is 473. The summed E-state index contributed by atoms with van der Waals surface area (Å²) in [6.45, 7) is 5.70. The van der Waals surface area contributed by atoms with Gasteiger partial charge in [-0.1, -0.05) is 6.58 Å². The summed E-state index contributed by atoms with van der Waals surface area (Å²) in [6, 6.07) is 1.93. The third kappa shape index (κ3) is 1.54. The van der Waals surface area contributed by atoms with Crippen molar-refractivity contribution in [2.45, 2.75) is 6.92 Å². The van der Waals surface area contributed by atoms with Crippen molar-refractivity contribution in [2.24, 2.45) is 0 Å². The second-order valence-corrected chi connectivity index (χ2v) is 3.56. The van der Waals surface area contributed by atoms with E-state index in [1.165, 1.54) is 0 Å². The normalized spacial score (nSPS) is 13.1. The molecule has 16 heavy (non-hydrogen) atoms. The van der Waals surface area contributed by atoms with E-state index < -0.39 is 0 Å². The van der Waals surface area contributed by atoms with Gasteiger partial charge in [-0.15, -0.1) is 0 Å². The van der Waals surface area contributed by atoms with Gasteiger partial charge in [0, 0.05) is 11.1 Å². The van der Waals surface area contributed by atoms with Gasteiger partial charge in [0.05, 0.1) is 14.2 Å². The predicted molar refractivity (Wildman–Crippen MR) is 63.1 cm³/mol. The Hall–Kier alpha value is -1.90. The standard InChI is InChI=1S/C13H14O3/c1-8-5-6-10-7-11(14-3)9(2)12(15-4)13(10)16-8/h5-7H,1H2,2-4H3. The molecule has 0 bridgehead atoms. The third-order valence-corrected chi connectivity index (χ3v) is 2.57. The van der Waals surface area contributed by atoms with Gasteiger partial charge in [0.15, 0.2) is 11.5 Å². The molecule has 3 nitrogen and oxygen atoms in total. The van der Waals surface area contributed by atoms with Gasteiger partial charge in [-0.25, -0.2) is 0 Å². The molecule has 0 aromatic heterocycles. The maximum absolute atomic E-state index is 5.57. The molecule has 1 aliphatic rings. The Morgan fingerprint density at radius 1 is 1.19 bits per heavy atom. The molecule has 3 heteroatoms. The average Bonchev–Trinajstić information content (AvgIpc) is 2.28. The number of allylic oxidation sites excluding steroid dienone is 1. The molecule has 0 radical (unpaired) electrons. The Balaban J connectivity index is 2.67. The summed E-state index contributed by atoms with van der Waals surface area (Å²) in [6.07, 6.45) is 3.75. The zero-order valence-corrected chi connectivity index (χ0v) is 9.66. The molecule has 1 aromatic carbocycles. The van der Waals surface area contributed by atoms with Gasteiger partial charge in [0.25, 0.3) is 0 Å². The van der Waals surface area contributed by atoms with E-state index in [-0.39, 0.29) is 0 Å². The van der Waals surface area contributed by atoms with Crippen LogP contribution in [-0.2, 0) is 0 Å². The molecule has 0 fully saturated rings. The SMILES string of the molecule is C=C1C=Cc2cc(OC)c(C)c(OC)c2O1. The first-order chi connectivity index (χ1) is 7.67. The molecular formula is C13H14O3. The molecule has 0 amide bonds. The number of ether oxygens (including phenoxy) is 3. The molecule has 0 atom stereocenters. The lowest BCUT2D eigenvalue weighted by Crippen LogP contribution is -2.03. The van der Waals surface area contributed by atoms with Gasteiger partial charge in [0.1, 0.15) is 11.5 Å². The summed E-state index contributed by atoms with van der Waals surface area (Å²) in [5, 5.41) is 0. The largest absolute Gasteiger partial charge is 0.496 e. The zero-order valence-electron chi connectivity index (χ0n) is 9.66. The van der Waals surface area contributed by atoms with Crippen LogP contribution in [0.2, 0.25) is 0 Å². The van der Waals surface area contributed by atoms with Crippen molar-refractivity contribution in [3.05, 3.63) is 35.6 Å². The van der Waals surface area contributed by atoms with E-state index in [0.29, 0.717) is 17.3 Å². The Labute approximate surface area is 94.9 Å². The number of rotatable bonds is 2. The first kappa shape index (κ1) is 10.6. The minimum atomic E-state index is 0.607. The summed E-state index contributed by atoms with van der Waals surface area (Å²) >= 11 is 0. The van der Waals surface area contributed by atoms with Crippen LogP contribution < -0.4 is 14.2 Å². The molecule has 0 N–H and O–H groups in total. The molecule has 1 aromatic rings. The summed E-state index contributed by atoms with van der Waals surface area (Å²) < 4.78 is 16.2. The van der Waals surface area contributed by atoms with Crippen LogP contribution in [-0.4, -0.2) is 14.2 Å². The van der Waals surface area contributed by atoms with Crippen LogP contribution in [0, 0.1) is 6.92 Å². The van der Waals surface area contributed by atoms with Crippen LogP contribution >= 0.6 is 0 Å². The van der Waals surface area contributed by atoms with Gasteiger partial charge in [-0.3, -0.25) is 0 Å². The minimum Gasteiger partial charge on any atom is -0.496 e. The van der Waals surface area contributed by atoms with E-state index in [4.69, 9.17) is 14.2 Å². The summed E-state index contributed by atoms with van der Waals surface area (Å²) in [7, 11) is 3.26. The van der Waals surface area contributed by atoms with Gasteiger partial charge in [-0.05, 0) is 25.1 Å². The van der Waals surface area contributed by atoms with E-state index in [1.807, 2.05) is 25.1 Å². The van der Waals surface area contributed by atoms with Crippen molar-refractivity contribution >= 4 is 6.08 Å². The highest BCUT2D eigenvalue weighted by Crippen LogP contribution is 2.43. The summed E-state index contributed by atoms with van der Waals surface area (Å²) in [5.41, 5.74) is 1.86. The molecule has 1 heterocycles. The first-order valence-corrected chi connectivity index (χ1v) is 4.97. The fraction of sp³-hybridized carbons (Fsp3) is 0.231. The molecular weight excluding hydrogens is 204 g/mol. The zero-order chi connectivity index (χ0) is 11.7. The topological polar surface area (TPSA) is 27.7 Å². The van der Waals surface area contributed by atoms with Gasteiger partial charge in [-0.2, -0.15) is 0 Å². The van der Waals surface area contributed by atoms with Crippen LogP contribution in [0.4, 0.5) is 0 Å². The van der Waals surface area contributed by atoms with Gasteiger partial charge >= 0.3 is 0 Å². The Morgan fingerprint density at radius 3 is 2.56 bits per heavy atom. The molecule has 0 aliphatic carbocycles. The Morgan fingerprint density at radius 2 is 1.94 bits per heavy atom. The molecule has 0 spiro atoms. The molecule has 2 rings (SSSR count). The highest BCUT2D eigenvalue weighted by atomic mass is 16.5. The lowest BCUT2D eigenvalue weighted by Gasteiger charge is -2.20. The van der Waals surface area contributed by atoms with E-state index in [0.717, 1.165) is 16.9 Å². The fourth-order valence-corrected chi connectivity index (χ4v) is 1.76. The number of fused-ring (bicyclic) bond motifs is 1. The van der Waals surface area contributed by atoms with Crippen LogP contribution in [0.25, 0.3) is 6.08 Å². The minimum absolute atomic E-state index is 0.607. The number of hydrogen-bond donors (Lipinski definition) is 0. The van der Waals surface area contributed by atoms with Crippen molar-refractivity contribution in [3.8, 4) is 17.2 Å². The number of benzene rings is 1. The lowest BCUT2D eigenvalue weighted by molar-refractivity contribution is 0.354. The van der Waals surface area contributed by atoms with Crippen LogP contribution in [0.3, 0.4) is 0 Å². The average molecular weight is 218 g/mol. The molecule has 0 saturated heterocycles. The van der Waals surface area contributed by atoms with Crippen molar-refractivity contribution in [1.82, 2.24) is 0 Å². The summed E-state index contributed by atoms with van der Waals surface area (Å²) in [4.78, 5) is 0. The second-order valence-electron chi connectivity index (χ2n) is 3.56. The van der Waals surface area contributed by atoms with Crippen molar-refractivity contribution in [2.75, 3.05) is 14.2 Å². The fourth-order valence-electron chi connectivity index (χ4n) is 1.76. The summed E-state index contributed by atoms with van der Waals surface area (Å²) in [5.74, 6) is 2.79. The smallest absolute Gasteiger partial charge is 0.176 e. The van der Waals surface area contributed by atoms with Crippen LogP contribution in [0.5, 0.6) is 17.2 Å².